The zero-order chi connectivity index (χ0) is 14.0. The van der Waals surface area contributed by atoms with Gasteiger partial charge in [0, 0.05) is 17.8 Å². The number of nitrogens with two attached hydrogens (primary N) is 1. The molecular weight excluding hydrogens is 337 g/mol. The van der Waals surface area contributed by atoms with Crippen molar-refractivity contribution in [3.05, 3.63) is 51.5 Å². The average Bonchev–Trinajstić information content (AvgIpc) is 2.35. The molecule has 1 heterocycles. The molecule has 7 heteroatoms. The van der Waals surface area contributed by atoms with Crippen LogP contribution < -0.4 is 10.5 Å². The van der Waals surface area contributed by atoms with E-state index in [0.29, 0.717) is 10.8 Å². The highest BCUT2D eigenvalue weighted by Crippen LogP contribution is 2.31. The molecule has 0 atom stereocenters. The van der Waals surface area contributed by atoms with Gasteiger partial charge in [0.25, 0.3) is 0 Å². The Morgan fingerprint density at radius 2 is 2.16 bits per heavy atom. The fourth-order valence-corrected chi connectivity index (χ4v) is 2.10. The van der Waals surface area contributed by atoms with Crippen LogP contribution in [-0.4, -0.2) is 10.8 Å². The molecule has 0 aliphatic rings. The second-order valence-electron chi connectivity index (χ2n) is 3.59. The van der Waals surface area contributed by atoms with Gasteiger partial charge >= 0.3 is 0 Å². The molecule has 0 aliphatic heterocycles. The summed E-state index contributed by atoms with van der Waals surface area (Å²) in [7, 11) is 0. The van der Waals surface area contributed by atoms with E-state index in [9.17, 15) is 4.39 Å². The number of nitrogen functional groups attached to an aromatic ring is 1. The van der Waals surface area contributed by atoms with Crippen LogP contribution in [0.3, 0.4) is 0 Å². The highest BCUT2D eigenvalue weighted by Gasteiger charge is 2.14. The zero-order valence-electron chi connectivity index (χ0n) is 9.45. The topological polar surface area (TPSA) is 72.0 Å². The van der Waals surface area contributed by atoms with Crippen LogP contribution in [0.25, 0.3) is 0 Å². The van der Waals surface area contributed by atoms with Gasteiger partial charge in [0.15, 0.2) is 11.6 Å². The van der Waals surface area contributed by atoms with Crippen LogP contribution in [0, 0.1) is 11.2 Å². The Kier molecular flexibility index (Phi) is 4.01. The highest BCUT2D eigenvalue weighted by atomic mass is 79.9. The summed E-state index contributed by atoms with van der Waals surface area (Å²) in [6.07, 6.45) is 2.86. The van der Waals surface area contributed by atoms with Crippen molar-refractivity contribution in [2.75, 3.05) is 0 Å². The van der Waals surface area contributed by atoms with E-state index in [2.05, 4.69) is 20.9 Å². The molecular formula is C12H8BrClFN3O. The molecule has 0 radical (unpaired) electrons. The van der Waals surface area contributed by atoms with Gasteiger partial charge in [-0.25, -0.2) is 4.39 Å². The van der Waals surface area contributed by atoms with E-state index >= 15 is 0 Å². The molecule has 2 rings (SSSR count). The van der Waals surface area contributed by atoms with Gasteiger partial charge < -0.3 is 10.5 Å². The summed E-state index contributed by atoms with van der Waals surface area (Å²) >= 11 is 8.80. The number of nitrogens with zero attached hydrogens (tertiary/aromatic N) is 1. The number of amidine groups is 1. The maximum absolute atomic E-state index is 14.0. The van der Waals surface area contributed by atoms with Crippen LogP contribution in [0.2, 0.25) is 5.02 Å². The van der Waals surface area contributed by atoms with Crippen molar-refractivity contribution >= 4 is 33.4 Å². The van der Waals surface area contributed by atoms with E-state index in [1.807, 2.05) is 0 Å². The number of ether oxygens (including phenoxy) is 1. The largest absolute Gasteiger partial charge is 0.453 e. The molecule has 2 aromatic rings. The van der Waals surface area contributed by atoms with Gasteiger partial charge in [0.05, 0.1) is 15.7 Å². The molecule has 1 aromatic carbocycles. The van der Waals surface area contributed by atoms with Crippen LogP contribution in [0.1, 0.15) is 5.56 Å². The average molecular weight is 345 g/mol. The second kappa shape index (κ2) is 5.54. The third-order valence-corrected chi connectivity index (χ3v) is 3.23. The smallest absolute Gasteiger partial charge is 0.180 e. The number of halogens is 3. The van der Waals surface area contributed by atoms with Gasteiger partial charge in [-0.3, -0.25) is 10.4 Å². The van der Waals surface area contributed by atoms with Crippen molar-refractivity contribution in [3.8, 4) is 11.5 Å². The highest BCUT2D eigenvalue weighted by molar-refractivity contribution is 9.10. The minimum Gasteiger partial charge on any atom is -0.453 e. The van der Waals surface area contributed by atoms with Crippen LogP contribution >= 0.6 is 27.5 Å². The Bertz CT molecular complexity index is 651. The van der Waals surface area contributed by atoms with Gasteiger partial charge in [-0.2, -0.15) is 0 Å². The summed E-state index contributed by atoms with van der Waals surface area (Å²) in [5.41, 5.74) is 5.58. The third-order valence-electron chi connectivity index (χ3n) is 2.24. The second-order valence-corrected chi connectivity index (χ2v) is 4.82. The normalized spacial score (nSPS) is 10.3. The molecule has 0 spiro atoms. The molecule has 1 aromatic heterocycles. The van der Waals surface area contributed by atoms with Crippen molar-refractivity contribution < 1.29 is 9.13 Å². The minimum atomic E-state index is -0.646. The molecule has 4 nitrogen and oxygen atoms in total. The van der Waals surface area contributed by atoms with Crippen molar-refractivity contribution in [2.24, 2.45) is 5.73 Å². The summed E-state index contributed by atoms with van der Waals surface area (Å²) in [5.74, 6) is -0.579. The molecule has 0 fully saturated rings. The van der Waals surface area contributed by atoms with Crippen LogP contribution in [-0.2, 0) is 0 Å². The SMILES string of the molecule is N=C(N)c1ccc(Oc2cncc(Cl)c2)c(F)c1Br. The van der Waals surface area contributed by atoms with Crippen molar-refractivity contribution in [1.82, 2.24) is 4.98 Å². The first kappa shape index (κ1) is 13.8. The lowest BCUT2D eigenvalue weighted by molar-refractivity contribution is 0.438. The predicted molar refractivity (Wildman–Crippen MR) is 74.4 cm³/mol. The van der Waals surface area contributed by atoms with Gasteiger partial charge in [-0.1, -0.05) is 11.6 Å². The monoisotopic (exact) mass is 343 g/mol. The van der Waals surface area contributed by atoms with Gasteiger partial charge in [0.1, 0.15) is 11.6 Å². The van der Waals surface area contributed by atoms with Crippen LogP contribution in [0.15, 0.2) is 35.1 Å². The summed E-state index contributed by atoms with van der Waals surface area (Å²) in [4.78, 5) is 3.83. The van der Waals surface area contributed by atoms with Crippen molar-refractivity contribution in [1.29, 1.82) is 5.41 Å². The van der Waals surface area contributed by atoms with Crippen molar-refractivity contribution in [2.45, 2.75) is 0 Å². The fraction of sp³-hybridized carbons (Fsp3) is 0. The number of pyridine rings is 1. The molecule has 98 valence electrons. The Morgan fingerprint density at radius 3 is 2.79 bits per heavy atom. The summed E-state index contributed by atoms with van der Waals surface area (Å²) in [5, 5.41) is 7.69. The van der Waals surface area contributed by atoms with E-state index in [-0.39, 0.29) is 21.6 Å². The number of hydrogen-bond donors (Lipinski definition) is 2. The number of rotatable bonds is 3. The maximum atomic E-state index is 14.0. The first-order valence-corrected chi connectivity index (χ1v) is 6.27. The Morgan fingerprint density at radius 1 is 1.42 bits per heavy atom. The zero-order valence-corrected chi connectivity index (χ0v) is 11.8. The first-order chi connectivity index (χ1) is 8.99. The third kappa shape index (κ3) is 3.02. The maximum Gasteiger partial charge on any atom is 0.180 e. The number of aromatic nitrogens is 1. The van der Waals surface area contributed by atoms with E-state index in [1.165, 1.54) is 30.6 Å². The summed E-state index contributed by atoms with van der Waals surface area (Å²) < 4.78 is 19.4. The van der Waals surface area contributed by atoms with Crippen LogP contribution in [0.5, 0.6) is 11.5 Å². The van der Waals surface area contributed by atoms with Crippen molar-refractivity contribution in [3.63, 3.8) is 0 Å². The van der Waals surface area contributed by atoms with Gasteiger partial charge in [-0.05, 0) is 28.1 Å². The van der Waals surface area contributed by atoms with E-state index in [1.54, 1.807) is 0 Å². The van der Waals surface area contributed by atoms with E-state index in [4.69, 9.17) is 27.5 Å². The Hall–Kier alpha value is -1.66. The minimum absolute atomic E-state index is 0.0130. The quantitative estimate of drug-likeness (QED) is 0.658. The lowest BCUT2D eigenvalue weighted by Gasteiger charge is -2.10. The summed E-state index contributed by atoms with van der Waals surface area (Å²) in [6.45, 7) is 0. The molecule has 0 aliphatic carbocycles. The van der Waals surface area contributed by atoms with Crippen LogP contribution in [0.4, 0.5) is 4.39 Å². The standard InChI is InChI=1S/C12H8BrClFN3O/c13-10-8(12(16)17)1-2-9(11(10)15)19-7-3-6(14)4-18-5-7/h1-5H,(H3,16,17). The van der Waals surface area contributed by atoms with Gasteiger partial charge in [0.2, 0.25) is 0 Å². The first-order valence-electron chi connectivity index (χ1n) is 5.10. The number of nitrogens with one attached hydrogen (secondary N) is 1. The Balaban J connectivity index is 2.37. The lowest BCUT2D eigenvalue weighted by Crippen LogP contribution is -2.12. The molecule has 0 amide bonds. The lowest BCUT2D eigenvalue weighted by atomic mass is 10.2. The molecule has 3 N–H and O–H groups in total. The summed E-state index contributed by atoms with van der Waals surface area (Å²) in [6, 6.07) is 4.39. The molecule has 0 unspecified atom stereocenters. The Labute approximate surface area is 122 Å². The molecule has 0 saturated carbocycles. The predicted octanol–water partition coefficient (Wildman–Crippen LogP) is 3.71. The van der Waals surface area contributed by atoms with E-state index in [0.717, 1.165) is 0 Å². The number of hydrogen-bond acceptors (Lipinski definition) is 3. The number of benzene rings is 1. The van der Waals surface area contributed by atoms with E-state index < -0.39 is 5.82 Å². The van der Waals surface area contributed by atoms with Gasteiger partial charge in [-0.15, -0.1) is 0 Å². The molecule has 19 heavy (non-hydrogen) atoms. The fourth-order valence-electron chi connectivity index (χ4n) is 1.39. The molecule has 0 saturated heterocycles. The molecule has 0 bridgehead atoms.